The van der Waals surface area contributed by atoms with Crippen molar-refractivity contribution < 1.29 is 18.0 Å². The summed E-state index contributed by atoms with van der Waals surface area (Å²) in [5.41, 5.74) is 5.55. The monoisotopic (exact) mass is 280 g/mol. The summed E-state index contributed by atoms with van der Waals surface area (Å²) in [5.74, 6) is -1.47. The molecule has 1 amide bonds. The van der Waals surface area contributed by atoms with Crippen molar-refractivity contribution in [1.82, 2.24) is 5.32 Å². The molecule has 1 aliphatic carbocycles. The quantitative estimate of drug-likeness (QED) is 0.831. The molecule has 19 heavy (non-hydrogen) atoms. The molecule has 0 bridgehead atoms. The third-order valence-corrected chi connectivity index (χ3v) is 3.93. The van der Waals surface area contributed by atoms with Gasteiger partial charge in [0.05, 0.1) is 11.8 Å². The van der Waals surface area contributed by atoms with E-state index in [2.05, 4.69) is 5.32 Å². The molecule has 0 aromatic carbocycles. The molecule has 1 unspecified atom stereocenters. The first-order valence-corrected chi connectivity index (χ1v) is 6.82. The third kappa shape index (κ3) is 4.67. The molecule has 1 fully saturated rings. The van der Waals surface area contributed by atoms with Crippen LogP contribution in [0.4, 0.5) is 13.2 Å². The van der Waals surface area contributed by atoms with E-state index in [0.717, 1.165) is 0 Å². The summed E-state index contributed by atoms with van der Waals surface area (Å²) >= 11 is 0. The van der Waals surface area contributed by atoms with Crippen LogP contribution in [-0.2, 0) is 4.79 Å². The van der Waals surface area contributed by atoms with Crippen LogP contribution in [0, 0.1) is 17.8 Å². The Labute approximate surface area is 112 Å². The van der Waals surface area contributed by atoms with Gasteiger partial charge in [-0.15, -0.1) is 0 Å². The van der Waals surface area contributed by atoms with Crippen molar-refractivity contribution in [3.8, 4) is 0 Å². The lowest BCUT2D eigenvalue weighted by atomic mass is 9.85. The van der Waals surface area contributed by atoms with Gasteiger partial charge in [-0.2, -0.15) is 13.2 Å². The zero-order valence-corrected chi connectivity index (χ0v) is 11.5. The zero-order valence-electron chi connectivity index (χ0n) is 11.5. The van der Waals surface area contributed by atoms with Crippen molar-refractivity contribution in [2.45, 2.75) is 51.7 Å². The van der Waals surface area contributed by atoms with Crippen LogP contribution < -0.4 is 11.1 Å². The summed E-state index contributed by atoms with van der Waals surface area (Å²) in [5, 5.41) is 2.84. The summed E-state index contributed by atoms with van der Waals surface area (Å²) < 4.78 is 37.5. The van der Waals surface area contributed by atoms with Gasteiger partial charge in [0.1, 0.15) is 0 Å². The first-order chi connectivity index (χ1) is 8.75. The molecule has 3 N–H and O–H groups in total. The fraction of sp³-hybridized carbons (Fsp3) is 0.923. The molecule has 1 aliphatic rings. The van der Waals surface area contributed by atoms with Gasteiger partial charge in [0.15, 0.2) is 0 Å². The number of halogens is 3. The molecular weight excluding hydrogens is 257 g/mol. The summed E-state index contributed by atoms with van der Waals surface area (Å²) in [7, 11) is 0. The van der Waals surface area contributed by atoms with Crippen molar-refractivity contribution in [3.63, 3.8) is 0 Å². The van der Waals surface area contributed by atoms with Crippen LogP contribution in [0.15, 0.2) is 0 Å². The van der Waals surface area contributed by atoms with Crippen molar-refractivity contribution in [3.05, 3.63) is 0 Å². The summed E-state index contributed by atoms with van der Waals surface area (Å²) in [6, 6.07) is -0.140. The molecule has 0 saturated heterocycles. The minimum atomic E-state index is -4.10. The van der Waals surface area contributed by atoms with Gasteiger partial charge < -0.3 is 11.1 Å². The number of alkyl halides is 3. The lowest BCUT2D eigenvalue weighted by molar-refractivity contribution is -0.182. The van der Waals surface area contributed by atoms with Crippen LogP contribution in [0.5, 0.6) is 0 Å². The van der Waals surface area contributed by atoms with Crippen LogP contribution in [0.25, 0.3) is 0 Å². The maximum absolute atomic E-state index is 12.5. The van der Waals surface area contributed by atoms with Gasteiger partial charge in [0.2, 0.25) is 5.91 Å². The topological polar surface area (TPSA) is 55.1 Å². The Morgan fingerprint density at radius 1 is 1.26 bits per heavy atom. The molecule has 0 spiro atoms. The third-order valence-electron chi connectivity index (χ3n) is 3.93. The average molecular weight is 280 g/mol. The maximum Gasteiger partial charge on any atom is 0.391 e. The van der Waals surface area contributed by atoms with E-state index in [1.807, 2.05) is 13.8 Å². The Bertz CT molecular complexity index is 297. The number of carbonyl (C=O) groups is 1. The zero-order chi connectivity index (χ0) is 14.6. The highest BCUT2D eigenvalue weighted by molar-refractivity contribution is 5.79. The van der Waals surface area contributed by atoms with Gasteiger partial charge in [0, 0.05) is 12.6 Å². The van der Waals surface area contributed by atoms with Gasteiger partial charge in [-0.3, -0.25) is 4.79 Å². The number of hydrogen-bond donors (Lipinski definition) is 2. The highest BCUT2D eigenvalue weighted by Crippen LogP contribution is 2.37. The van der Waals surface area contributed by atoms with E-state index < -0.39 is 12.1 Å². The van der Waals surface area contributed by atoms with Crippen LogP contribution in [-0.4, -0.2) is 24.7 Å². The number of nitrogens with one attached hydrogen (secondary N) is 1. The molecule has 0 aromatic heterocycles. The number of hydrogen-bond acceptors (Lipinski definition) is 2. The second-order valence-electron chi connectivity index (χ2n) is 5.68. The second-order valence-corrected chi connectivity index (χ2v) is 5.68. The van der Waals surface area contributed by atoms with E-state index in [0.29, 0.717) is 12.8 Å². The molecule has 0 aromatic rings. The Balaban J connectivity index is 2.43. The maximum atomic E-state index is 12.5. The number of carbonyl (C=O) groups excluding carboxylic acids is 1. The summed E-state index contributed by atoms with van der Waals surface area (Å²) in [6.45, 7) is 4.09. The van der Waals surface area contributed by atoms with E-state index in [1.54, 1.807) is 0 Å². The molecule has 1 saturated carbocycles. The molecule has 6 heteroatoms. The lowest BCUT2D eigenvalue weighted by Gasteiger charge is -2.31. The van der Waals surface area contributed by atoms with Crippen molar-refractivity contribution >= 4 is 5.91 Å². The standard InChI is InChI=1S/C13H23F3N2O/c1-8(2)11(7-17)12(19)18-10-5-3-9(4-6-10)13(14,15)16/h8-11H,3-7,17H2,1-2H3,(H,18,19). The smallest absolute Gasteiger partial charge is 0.353 e. The predicted molar refractivity (Wildman–Crippen MR) is 67.3 cm³/mol. The molecule has 3 nitrogen and oxygen atoms in total. The van der Waals surface area contributed by atoms with Crippen molar-refractivity contribution in [1.29, 1.82) is 0 Å². The lowest BCUT2D eigenvalue weighted by Crippen LogP contribution is -2.45. The Hall–Kier alpha value is -0.780. The number of amides is 1. The fourth-order valence-electron chi connectivity index (χ4n) is 2.56. The minimum absolute atomic E-state index is 0.101. The van der Waals surface area contributed by atoms with E-state index >= 15 is 0 Å². The molecule has 112 valence electrons. The van der Waals surface area contributed by atoms with E-state index in [9.17, 15) is 18.0 Å². The van der Waals surface area contributed by atoms with Gasteiger partial charge in [-0.05, 0) is 31.6 Å². The highest BCUT2D eigenvalue weighted by atomic mass is 19.4. The number of rotatable bonds is 4. The predicted octanol–water partition coefficient (Wildman–Crippen LogP) is 2.45. The molecule has 1 atom stereocenters. The van der Waals surface area contributed by atoms with Crippen LogP contribution in [0.1, 0.15) is 39.5 Å². The van der Waals surface area contributed by atoms with Crippen molar-refractivity contribution in [2.24, 2.45) is 23.5 Å². The molecule has 0 radical (unpaired) electrons. The number of nitrogens with two attached hydrogens (primary N) is 1. The first kappa shape index (κ1) is 16.3. The normalized spacial score (nSPS) is 26.3. The largest absolute Gasteiger partial charge is 0.391 e. The van der Waals surface area contributed by atoms with E-state index in [4.69, 9.17) is 5.73 Å². The molecule has 1 rings (SSSR count). The summed E-state index contributed by atoms with van der Waals surface area (Å²) in [6.07, 6.45) is -3.11. The Morgan fingerprint density at radius 3 is 2.16 bits per heavy atom. The van der Waals surface area contributed by atoms with Crippen LogP contribution in [0.3, 0.4) is 0 Å². The molecule has 0 heterocycles. The second kappa shape index (κ2) is 6.59. The van der Waals surface area contributed by atoms with Crippen LogP contribution >= 0.6 is 0 Å². The Kier molecular flexibility index (Phi) is 5.64. The minimum Gasteiger partial charge on any atom is -0.353 e. The molecule has 0 aliphatic heterocycles. The van der Waals surface area contributed by atoms with Gasteiger partial charge in [-0.1, -0.05) is 13.8 Å². The SMILES string of the molecule is CC(C)C(CN)C(=O)NC1CCC(C(F)(F)F)CC1. The van der Waals surface area contributed by atoms with Crippen molar-refractivity contribution in [2.75, 3.05) is 6.54 Å². The van der Waals surface area contributed by atoms with Crippen LogP contribution in [0.2, 0.25) is 0 Å². The van der Waals surface area contributed by atoms with E-state index in [-0.39, 0.29) is 43.2 Å². The first-order valence-electron chi connectivity index (χ1n) is 6.82. The van der Waals surface area contributed by atoms with Gasteiger partial charge in [0.25, 0.3) is 0 Å². The van der Waals surface area contributed by atoms with E-state index in [1.165, 1.54) is 0 Å². The average Bonchev–Trinajstić information content (AvgIpc) is 2.28. The van der Waals surface area contributed by atoms with Gasteiger partial charge >= 0.3 is 6.18 Å². The fourth-order valence-corrected chi connectivity index (χ4v) is 2.56. The molecular formula is C13H23F3N2O. The Morgan fingerprint density at radius 2 is 1.79 bits per heavy atom. The van der Waals surface area contributed by atoms with Gasteiger partial charge in [-0.25, -0.2) is 0 Å². The highest BCUT2D eigenvalue weighted by Gasteiger charge is 2.41. The summed E-state index contributed by atoms with van der Waals surface area (Å²) in [4.78, 5) is 11.9.